The Morgan fingerprint density at radius 1 is 1.18 bits per heavy atom. The second-order valence-corrected chi connectivity index (χ2v) is 6.53. The predicted molar refractivity (Wildman–Crippen MR) is 83.4 cm³/mol. The first-order valence-electron chi connectivity index (χ1n) is 7.34. The van der Waals surface area contributed by atoms with Gasteiger partial charge in [0.1, 0.15) is 11.4 Å². The molecule has 0 N–H and O–H groups in total. The monoisotopic (exact) mass is 309 g/mol. The van der Waals surface area contributed by atoms with Crippen LogP contribution in [-0.2, 0) is 4.74 Å². The molecule has 0 bridgehead atoms. The number of benzene rings is 1. The van der Waals surface area contributed by atoms with E-state index in [4.69, 9.17) is 4.74 Å². The zero-order valence-electron chi connectivity index (χ0n) is 14.0. The van der Waals surface area contributed by atoms with Gasteiger partial charge in [0, 0.05) is 11.6 Å². The Kier molecular flexibility index (Phi) is 5.69. The summed E-state index contributed by atoms with van der Waals surface area (Å²) in [5.74, 6) is -0.800. The van der Waals surface area contributed by atoms with Crippen molar-refractivity contribution >= 4 is 11.9 Å². The van der Waals surface area contributed by atoms with Crippen LogP contribution in [0.5, 0.6) is 0 Å². The van der Waals surface area contributed by atoms with E-state index < -0.39 is 23.6 Å². The van der Waals surface area contributed by atoms with Crippen LogP contribution in [0.25, 0.3) is 0 Å². The van der Waals surface area contributed by atoms with E-state index in [9.17, 15) is 14.0 Å². The van der Waals surface area contributed by atoms with Crippen molar-refractivity contribution in [1.29, 1.82) is 0 Å². The number of hydrogen-bond donors (Lipinski definition) is 0. The normalized spacial score (nSPS) is 12.9. The molecule has 1 amide bonds. The van der Waals surface area contributed by atoms with Gasteiger partial charge in [-0.25, -0.2) is 9.18 Å². The minimum Gasteiger partial charge on any atom is -0.444 e. The van der Waals surface area contributed by atoms with E-state index in [-0.39, 0.29) is 17.4 Å². The molecule has 1 unspecified atom stereocenters. The third-order valence-electron chi connectivity index (χ3n) is 3.07. The summed E-state index contributed by atoms with van der Waals surface area (Å²) in [5.41, 5.74) is -0.409. The molecule has 0 fully saturated rings. The maximum atomic E-state index is 13.3. The summed E-state index contributed by atoms with van der Waals surface area (Å²) in [6.45, 7) is 10.5. The van der Waals surface area contributed by atoms with Gasteiger partial charge in [-0.15, -0.1) is 0 Å². The summed E-state index contributed by atoms with van der Waals surface area (Å²) < 4.78 is 18.6. The van der Waals surface area contributed by atoms with Crippen molar-refractivity contribution in [2.24, 2.45) is 0 Å². The van der Waals surface area contributed by atoms with Gasteiger partial charge in [-0.3, -0.25) is 9.69 Å². The van der Waals surface area contributed by atoms with Gasteiger partial charge >= 0.3 is 6.09 Å². The lowest BCUT2D eigenvalue weighted by molar-refractivity contribution is 0.0108. The van der Waals surface area contributed by atoms with Crippen molar-refractivity contribution in [2.45, 2.75) is 59.2 Å². The number of Topliss-reactive ketones (excluding diaryl/α,β-unsaturated/α-hetero) is 1. The van der Waals surface area contributed by atoms with Crippen molar-refractivity contribution in [1.82, 2.24) is 4.90 Å². The SMILES string of the molecule is CC(C)N(C(=O)OC(C)(C)C)C(C)C(=O)c1cccc(F)c1. The maximum absolute atomic E-state index is 13.3. The Hall–Kier alpha value is -1.91. The summed E-state index contributed by atoms with van der Waals surface area (Å²) in [4.78, 5) is 26.2. The molecule has 0 aliphatic heterocycles. The van der Waals surface area contributed by atoms with Crippen molar-refractivity contribution in [3.05, 3.63) is 35.6 Å². The quantitative estimate of drug-likeness (QED) is 0.789. The number of carbonyl (C=O) groups is 2. The van der Waals surface area contributed by atoms with Gasteiger partial charge in [0.05, 0.1) is 6.04 Å². The fourth-order valence-electron chi connectivity index (χ4n) is 2.14. The van der Waals surface area contributed by atoms with Crippen LogP contribution in [0.3, 0.4) is 0 Å². The smallest absolute Gasteiger partial charge is 0.411 e. The topological polar surface area (TPSA) is 46.6 Å². The average molecular weight is 309 g/mol. The maximum Gasteiger partial charge on any atom is 0.411 e. The second kappa shape index (κ2) is 6.90. The van der Waals surface area contributed by atoms with E-state index in [1.165, 1.54) is 29.2 Å². The molecule has 0 aliphatic carbocycles. The van der Waals surface area contributed by atoms with Gasteiger partial charge in [-0.05, 0) is 53.7 Å². The van der Waals surface area contributed by atoms with E-state index in [2.05, 4.69) is 0 Å². The summed E-state index contributed by atoms with van der Waals surface area (Å²) in [6.07, 6.45) is -0.556. The first kappa shape index (κ1) is 18.1. The number of nitrogens with zero attached hydrogens (tertiary/aromatic N) is 1. The lowest BCUT2D eigenvalue weighted by Gasteiger charge is -2.33. The fourth-order valence-corrected chi connectivity index (χ4v) is 2.14. The van der Waals surface area contributed by atoms with E-state index >= 15 is 0 Å². The van der Waals surface area contributed by atoms with Crippen LogP contribution in [-0.4, -0.2) is 34.5 Å². The lowest BCUT2D eigenvalue weighted by Crippen LogP contribution is -2.49. The highest BCUT2D eigenvalue weighted by Gasteiger charge is 2.32. The Morgan fingerprint density at radius 3 is 2.23 bits per heavy atom. The Labute approximate surface area is 131 Å². The Balaban J connectivity index is 3.01. The number of ketones is 1. The molecule has 0 aromatic heterocycles. The second-order valence-electron chi connectivity index (χ2n) is 6.53. The van der Waals surface area contributed by atoms with E-state index in [1.807, 2.05) is 0 Å². The average Bonchev–Trinajstić information content (AvgIpc) is 2.35. The molecular formula is C17H24FNO3. The first-order chi connectivity index (χ1) is 10.0. The summed E-state index contributed by atoms with van der Waals surface area (Å²) in [7, 11) is 0. The number of halogens is 1. The largest absolute Gasteiger partial charge is 0.444 e. The zero-order valence-corrected chi connectivity index (χ0v) is 14.0. The first-order valence-corrected chi connectivity index (χ1v) is 7.34. The number of carbonyl (C=O) groups excluding carboxylic acids is 2. The number of ether oxygens (including phenoxy) is 1. The van der Waals surface area contributed by atoms with E-state index in [1.54, 1.807) is 41.5 Å². The number of hydrogen-bond acceptors (Lipinski definition) is 3. The highest BCUT2D eigenvalue weighted by Crippen LogP contribution is 2.17. The molecule has 122 valence electrons. The molecule has 0 spiro atoms. The molecule has 0 aliphatic rings. The number of amides is 1. The molecule has 0 heterocycles. The number of rotatable bonds is 4. The van der Waals surface area contributed by atoms with Gasteiger partial charge < -0.3 is 4.74 Å². The van der Waals surface area contributed by atoms with Gasteiger partial charge in [0.2, 0.25) is 0 Å². The van der Waals surface area contributed by atoms with Crippen LogP contribution >= 0.6 is 0 Å². The minimum atomic E-state index is -0.739. The van der Waals surface area contributed by atoms with Gasteiger partial charge in [-0.1, -0.05) is 12.1 Å². The molecule has 4 nitrogen and oxygen atoms in total. The summed E-state index contributed by atoms with van der Waals surface area (Å²) in [6, 6.07) is 4.50. The molecule has 1 atom stereocenters. The molecule has 22 heavy (non-hydrogen) atoms. The minimum absolute atomic E-state index is 0.220. The van der Waals surface area contributed by atoms with Crippen LogP contribution in [0.2, 0.25) is 0 Å². The molecule has 1 aromatic carbocycles. The standard InChI is InChI=1S/C17H24FNO3/c1-11(2)19(16(21)22-17(4,5)6)12(3)15(20)13-8-7-9-14(18)10-13/h7-12H,1-6H3. The zero-order chi connectivity index (χ0) is 17.1. The highest BCUT2D eigenvalue weighted by atomic mass is 19.1. The van der Waals surface area contributed by atoms with Crippen molar-refractivity contribution in [3.8, 4) is 0 Å². The highest BCUT2D eigenvalue weighted by molar-refractivity contribution is 6.01. The Morgan fingerprint density at radius 2 is 1.77 bits per heavy atom. The van der Waals surface area contributed by atoms with Crippen LogP contribution in [0.15, 0.2) is 24.3 Å². The molecule has 0 saturated heterocycles. The molecule has 1 aromatic rings. The predicted octanol–water partition coefficient (Wildman–Crippen LogP) is 4.04. The molecule has 0 radical (unpaired) electrons. The van der Waals surface area contributed by atoms with Crippen molar-refractivity contribution < 1.29 is 18.7 Å². The molecular weight excluding hydrogens is 285 g/mol. The molecule has 5 heteroatoms. The summed E-state index contributed by atoms with van der Waals surface area (Å²) in [5, 5.41) is 0. The van der Waals surface area contributed by atoms with Crippen LogP contribution < -0.4 is 0 Å². The Bertz CT molecular complexity index is 549. The van der Waals surface area contributed by atoms with E-state index in [0.717, 1.165) is 0 Å². The van der Waals surface area contributed by atoms with Crippen LogP contribution in [0, 0.1) is 5.82 Å². The van der Waals surface area contributed by atoms with Crippen LogP contribution in [0.1, 0.15) is 51.9 Å². The lowest BCUT2D eigenvalue weighted by atomic mass is 10.0. The third kappa shape index (κ3) is 4.83. The fraction of sp³-hybridized carbons (Fsp3) is 0.529. The van der Waals surface area contributed by atoms with Crippen molar-refractivity contribution in [3.63, 3.8) is 0 Å². The third-order valence-corrected chi connectivity index (χ3v) is 3.07. The van der Waals surface area contributed by atoms with Crippen molar-refractivity contribution in [2.75, 3.05) is 0 Å². The summed E-state index contributed by atoms with van der Waals surface area (Å²) >= 11 is 0. The van der Waals surface area contributed by atoms with Gasteiger partial charge in [-0.2, -0.15) is 0 Å². The van der Waals surface area contributed by atoms with Gasteiger partial charge in [0.25, 0.3) is 0 Å². The van der Waals surface area contributed by atoms with E-state index in [0.29, 0.717) is 0 Å². The molecule has 0 saturated carbocycles. The molecule has 1 rings (SSSR count). The van der Waals surface area contributed by atoms with Gasteiger partial charge in [0.15, 0.2) is 5.78 Å². The van der Waals surface area contributed by atoms with Crippen LogP contribution in [0.4, 0.5) is 9.18 Å².